The SMILES string of the molecule is CC(C)N1CCC(c2c(-c3ccc(F)c(F)c3)ncn2[C@@H]2C[C@@H]3CC[C@H]2O3)CC1. The molecule has 0 aliphatic carbocycles. The summed E-state index contributed by atoms with van der Waals surface area (Å²) in [5, 5.41) is 0. The third-order valence-electron chi connectivity index (χ3n) is 7.10. The Morgan fingerprint density at radius 2 is 1.86 bits per heavy atom. The molecule has 4 nitrogen and oxygen atoms in total. The van der Waals surface area contributed by atoms with E-state index in [0.29, 0.717) is 29.7 Å². The zero-order valence-corrected chi connectivity index (χ0v) is 17.2. The predicted molar refractivity (Wildman–Crippen MR) is 108 cm³/mol. The summed E-state index contributed by atoms with van der Waals surface area (Å²) >= 11 is 0. The van der Waals surface area contributed by atoms with E-state index in [1.807, 2.05) is 6.33 Å². The molecule has 0 spiro atoms. The van der Waals surface area contributed by atoms with Crippen molar-refractivity contribution in [1.82, 2.24) is 14.5 Å². The molecule has 2 aromatic rings. The van der Waals surface area contributed by atoms with Crippen molar-refractivity contribution >= 4 is 0 Å². The molecule has 3 aliphatic rings. The van der Waals surface area contributed by atoms with Gasteiger partial charge in [0.1, 0.15) is 0 Å². The van der Waals surface area contributed by atoms with E-state index in [9.17, 15) is 8.78 Å². The lowest BCUT2D eigenvalue weighted by Gasteiger charge is -2.36. The van der Waals surface area contributed by atoms with Crippen LogP contribution in [0.5, 0.6) is 0 Å². The molecule has 0 saturated carbocycles. The predicted octanol–water partition coefficient (Wildman–Crippen LogP) is 4.91. The number of fused-ring (bicyclic) bond motifs is 2. The van der Waals surface area contributed by atoms with E-state index in [1.54, 1.807) is 6.07 Å². The Bertz CT molecular complexity index is 888. The van der Waals surface area contributed by atoms with Crippen molar-refractivity contribution < 1.29 is 13.5 Å². The second kappa shape index (κ2) is 7.47. The molecule has 6 heteroatoms. The van der Waals surface area contributed by atoms with E-state index in [1.165, 1.54) is 17.8 Å². The minimum atomic E-state index is -0.819. The van der Waals surface area contributed by atoms with E-state index in [2.05, 4.69) is 23.3 Å². The van der Waals surface area contributed by atoms with E-state index >= 15 is 0 Å². The molecule has 3 aliphatic heterocycles. The third-order valence-corrected chi connectivity index (χ3v) is 7.10. The third kappa shape index (κ3) is 3.40. The quantitative estimate of drug-likeness (QED) is 0.729. The van der Waals surface area contributed by atoms with E-state index < -0.39 is 11.6 Å². The van der Waals surface area contributed by atoms with Crippen LogP contribution < -0.4 is 0 Å². The summed E-state index contributed by atoms with van der Waals surface area (Å²) in [4.78, 5) is 7.23. The monoisotopic (exact) mass is 401 g/mol. The topological polar surface area (TPSA) is 30.3 Å². The van der Waals surface area contributed by atoms with E-state index in [0.717, 1.165) is 50.9 Å². The van der Waals surface area contributed by atoms with Gasteiger partial charge in [-0.1, -0.05) is 0 Å². The number of hydrogen-bond acceptors (Lipinski definition) is 3. The van der Waals surface area contributed by atoms with Crippen LogP contribution in [0, 0.1) is 11.6 Å². The zero-order chi connectivity index (χ0) is 20.1. The largest absolute Gasteiger partial charge is 0.373 e. The first-order valence-corrected chi connectivity index (χ1v) is 10.9. The number of imidazole rings is 1. The number of piperidine rings is 1. The van der Waals surface area contributed by atoms with Crippen LogP contribution >= 0.6 is 0 Å². The summed E-state index contributed by atoms with van der Waals surface area (Å²) in [6.45, 7) is 6.59. The van der Waals surface area contributed by atoms with Gasteiger partial charge in [0, 0.05) is 23.2 Å². The Kier molecular flexibility index (Phi) is 4.95. The fourth-order valence-corrected chi connectivity index (χ4v) is 5.50. The molecular weight excluding hydrogens is 372 g/mol. The molecule has 1 aromatic heterocycles. The highest BCUT2D eigenvalue weighted by Gasteiger charge is 2.43. The van der Waals surface area contributed by atoms with Gasteiger partial charge in [-0.05, 0) is 77.2 Å². The maximum atomic E-state index is 14.0. The van der Waals surface area contributed by atoms with Gasteiger partial charge in [-0.25, -0.2) is 13.8 Å². The Labute approximate surface area is 170 Å². The van der Waals surface area contributed by atoms with Crippen LogP contribution in [0.2, 0.25) is 0 Å². The molecule has 1 aromatic carbocycles. The van der Waals surface area contributed by atoms with Gasteiger partial charge in [-0.2, -0.15) is 0 Å². The van der Waals surface area contributed by atoms with Crippen molar-refractivity contribution in [3.05, 3.63) is 41.9 Å². The first-order valence-electron chi connectivity index (χ1n) is 10.9. The number of benzene rings is 1. The van der Waals surface area contributed by atoms with Crippen molar-refractivity contribution in [1.29, 1.82) is 0 Å². The molecule has 3 saturated heterocycles. The Morgan fingerprint density at radius 3 is 2.48 bits per heavy atom. The van der Waals surface area contributed by atoms with Gasteiger partial charge in [0.25, 0.3) is 0 Å². The van der Waals surface area contributed by atoms with Gasteiger partial charge in [0.2, 0.25) is 0 Å². The Balaban J connectivity index is 1.52. The Morgan fingerprint density at radius 1 is 1.07 bits per heavy atom. The summed E-state index contributed by atoms with van der Waals surface area (Å²) in [6, 6.07) is 4.99. The fourth-order valence-electron chi connectivity index (χ4n) is 5.50. The molecule has 0 unspecified atom stereocenters. The van der Waals surface area contributed by atoms with Crippen molar-refractivity contribution in [2.24, 2.45) is 0 Å². The van der Waals surface area contributed by atoms with Gasteiger partial charge >= 0.3 is 0 Å². The van der Waals surface area contributed by atoms with Gasteiger partial charge in [0.05, 0.1) is 30.3 Å². The second-order valence-corrected chi connectivity index (χ2v) is 9.10. The van der Waals surface area contributed by atoms with Crippen LogP contribution in [0.25, 0.3) is 11.3 Å². The maximum absolute atomic E-state index is 14.0. The summed E-state index contributed by atoms with van der Waals surface area (Å²) in [7, 11) is 0. The van der Waals surface area contributed by atoms with Gasteiger partial charge in [0.15, 0.2) is 11.6 Å². The molecule has 0 amide bonds. The number of likely N-dealkylation sites (tertiary alicyclic amines) is 1. The summed E-state index contributed by atoms with van der Waals surface area (Å²) < 4.78 is 35.9. The number of nitrogens with zero attached hydrogens (tertiary/aromatic N) is 3. The minimum absolute atomic E-state index is 0.251. The van der Waals surface area contributed by atoms with Crippen LogP contribution in [0.4, 0.5) is 8.78 Å². The molecule has 156 valence electrons. The smallest absolute Gasteiger partial charge is 0.159 e. The number of hydrogen-bond donors (Lipinski definition) is 0. The van der Waals surface area contributed by atoms with Crippen LogP contribution in [-0.2, 0) is 4.74 Å². The molecule has 4 heterocycles. The van der Waals surface area contributed by atoms with Crippen molar-refractivity contribution in [2.45, 2.75) is 76.2 Å². The fraction of sp³-hybridized carbons (Fsp3) is 0.609. The van der Waals surface area contributed by atoms with Gasteiger partial charge < -0.3 is 14.2 Å². The van der Waals surface area contributed by atoms with E-state index in [4.69, 9.17) is 9.72 Å². The molecule has 0 radical (unpaired) electrons. The van der Waals surface area contributed by atoms with Gasteiger partial charge in [-0.3, -0.25) is 0 Å². The lowest BCUT2D eigenvalue weighted by atomic mass is 9.88. The standard InChI is InChI=1S/C23H29F2N3O/c1-14(2)27-9-7-15(8-10-27)23-22(16-3-5-18(24)19(25)11-16)26-13-28(23)20-12-17-4-6-21(20)29-17/h3,5,11,13-15,17,20-21H,4,6-10,12H2,1-2H3/t17-,20+,21+/m0/s1. The van der Waals surface area contributed by atoms with Crippen LogP contribution in [0.3, 0.4) is 0 Å². The minimum Gasteiger partial charge on any atom is -0.373 e. The molecule has 3 fully saturated rings. The van der Waals surface area contributed by atoms with Crippen LogP contribution in [0.1, 0.15) is 63.6 Å². The average molecular weight is 402 g/mol. The molecule has 0 N–H and O–H groups in total. The molecule has 29 heavy (non-hydrogen) atoms. The second-order valence-electron chi connectivity index (χ2n) is 9.10. The molecule has 5 rings (SSSR count). The highest BCUT2D eigenvalue weighted by molar-refractivity contribution is 5.63. The van der Waals surface area contributed by atoms with Crippen LogP contribution in [-0.4, -0.2) is 45.8 Å². The maximum Gasteiger partial charge on any atom is 0.159 e. The Hall–Kier alpha value is -1.79. The summed E-state index contributed by atoms with van der Waals surface area (Å²) in [5.74, 6) is -1.27. The highest BCUT2D eigenvalue weighted by atomic mass is 19.2. The zero-order valence-electron chi connectivity index (χ0n) is 17.2. The normalized spacial score (nSPS) is 28.0. The highest BCUT2D eigenvalue weighted by Crippen LogP contribution is 2.45. The van der Waals surface area contributed by atoms with Crippen LogP contribution in [0.15, 0.2) is 24.5 Å². The van der Waals surface area contributed by atoms with E-state index in [-0.39, 0.29) is 6.10 Å². The van der Waals surface area contributed by atoms with Crippen molar-refractivity contribution in [2.75, 3.05) is 13.1 Å². The lowest BCUT2D eigenvalue weighted by molar-refractivity contribution is 0.0929. The lowest BCUT2D eigenvalue weighted by Crippen LogP contribution is -2.38. The van der Waals surface area contributed by atoms with Crippen molar-refractivity contribution in [3.63, 3.8) is 0 Å². The van der Waals surface area contributed by atoms with Gasteiger partial charge in [-0.15, -0.1) is 0 Å². The average Bonchev–Trinajstić information content (AvgIpc) is 3.45. The summed E-state index contributed by atoms with van der Waals surface area (Å²) in [6.07, 6.45) is 7.90. The summed E-state index contributed by atoms with van der Waals surface area (Å²) in [5.41, 5.74) is 2.64. The first-order chi connectivity index (χ1) is 14.0. The number of halogens is 2. The van der Waals surface area contributed by atoms with Crippen molar-refractivity contribution in [3.8, 4) is 11.3 Å². The number of rotatable bonds is 4. The molecule has 2 bridgehead atoms. The number of aromatic nitrogens is 2. The number of ether oxygens (including phenoxy) is 1. The first kappa shape index (κ1) is 19.2. The molecular formula is C23H29F2N3O. The molecule has 3 atom stereocenters.